The second-order valence-electron chi connectivity index (χ2n) is 3.13. The molecule has 0 aliphatic heterocycles. The molecule has 2 rings (SSSR count). The Morgan fingerprint density at radius 2 is 2.07 bits per heavy atom. The summed E-state index contributed by atoms with van der Waals surface area (Å²) in [6.07, 6.45) is 0. The third-order valence-corrected chi connectivity index (χ3v) is 3.80. The first-order valence-corrected chi connectivity index (χ1v) is 6.19. The van der Waals surface area contributed by atoms with Gasteiger partial charge in [-0.3, -0.25) is 4.79 Å². The molecule has 0 bridgehead atoms. The van der Waals surface area contributed by atoms with Gasteiger partial charge in [0, 0.05) is 27.3 Å². The average Bonchev–Trinajstić information content (AvgIpc) is 2.84. The van der Waals surface area contributed by atoms with Crippen molar-refractivity contribution in [2.45, 2.75) is 6.92 Å². The van der Waals surface area contributed by atoms with Crippen LogP contribution in [-0.2, 0) is 0 Å². The van der Waals surface area contributed by atoms with Gasteiger partial charge in [0.25, 0.3) is 0 Å². The number of hydrogen-bond acceptors (Lipinski definition) is 4. The largest absolute Gasteiger partial charge is 0.496 e. The topological polar surface area (TPSA) is 26.3 Å². The van der Waals surface area contributed by atoms with Gasteiger partial charge in [-0.2, -0.15) is 0 Å². The number of carbonyl (C=O) groups excluding carboxylic acids is 1. The molecule has 2 heterocycles. The van der Waals surface area contributed by atoms with Crippen LogP contribution in [0.4, 0.5) is 0 Å². The lowest BCUT2D eigenvalue weighted by Gasteiger charge is -1.92. The van der Waals surface area contributed by atoms with Crippen molar-refractivity contribution in [3.05, 3.63) is 38.2 Å². The van der Waals surface area contributed by atoms with E-state index in [2.05, 4.69) is 0 Å². The molecule has 2 nitrogen and oxygen atoms in total. The first-order valence-electron chi connectivity index (χ1n) is 4.43. The first kappa shape index (κ1) is 10.4. The van der Waals surface area contributed by atoms with Gasteiger partial charge >= 0.3 is 0 Å². The van der Waals surface area contributed by atoms with Crippen LogP contribution in [0.25, 0.3) is 0 Å². The maximum absolute atomic E-state index is 12.0. The smallest absolute Gasteiger partial charge is 0.203 e. The molecular weight excluding hydrogens is 228 g/mol. The normalized spacial score (nSPS) is 10.3. The van der Waals surface area contributed by atoms with Crippen LogP contribution < -0.4 is 4.74 Å². The van der Waals surface area contributed by atoms with Gasteiger partial charge in [0.2, 0.25) is 5.78 Å². The molecule has 0 saturated heterocycles. The van der Waals surface area contributed by atoms with Crippen molar-refractivity contribution in [2.75, 3.05) is 7.11 Å². The van der Waals surface area contributed by atoms with Crippen molar-refractivity contribution in [3.8, 4) is 5.75 Å². The predicted molar refractivity (Wildman–Crippen MR) is 63.4 cm³/mol. The summed E-state index contributed by atoms with van der Waals surface area (Å²) in [7, 11) is 1.60. The van der Waals surface area contributed by atoms with Gasteiger partial charge in [0.05, 0.1) is 12.0 Å². The van der Waals surface area contributed by atoms with E-state index >= 15 is 0 Å². The van der Waals surface area contributed by atoms with Crippen LogP contribution in [0.5, 0.6) is 5.75 Å². The SMILES string of the molecule is COc1csc(C(=O)c2csc(C)c2)c1. The highest BCUT2D eigenvalue weighted by atomic mass is 32.1. The summed E-state index contributed by atoms with van der Waals surface area (Å²) in [6.45, 7) is 2.00. The number of carbonyl (C=O) groups is 1. The van der Waals surface area contributed by atoms with Gasteiger partial charge in [0.15, 0.2) is 0 Å². The zero-order chi connectivity index (χ0) is 10.8. The van der Waals surface area contributed by atoms with Crippen molar-refractivity contribution in [1.29, 1.82) is 0 Å². The highest BCUT2D eigenvalue weighted by Crippen LogP contribution is 2.25. The maximum atomic E-state index is 12.0. The Hall–Kier alpha value is -1.13. The van der Waals surface area contributed by atoms with Crippen LogP contribution in [0, 0.1) is 6.92 Å². The third-order valence-electron chi connectivity index (χ3n) is 2.03. The summed E-state index contributed by atoms with van der Waals surface area (Å²) in [5, 5.41) is 3.73. The highest BCUT2D eigenvalue weighted by molar-refractivity contribution is 7.13. The van der Waals surface area contributed by atoms with Gasteiger partial charge in [0.1, 0.15) is 5.75 Å². The van der Waals surface area contributed by atoms with Crippen LogP contribution >= 0.6 is 22.7 Å². The molecule has 0 atom stereocenters. The fourth-order valence-electron chi connectivity index (χ4n) is 1.25. The minimum atomic E-state index is 0.0765. The molecule has 0 saturated carbocycles. The van der Waals surface area contributed by atoms with E-state index in [0.717, 1.165) is 21.1 Å². The lowest BCUT2D eigenvalue weighted by molar-refractivity contribution is 0.104. The molecule has 78 valence electrons. The molecule has 0 unspecified atom stereocenters. The second-order valence-corrected chi connectivity index (χ2v) is 5.15. The lowest BCUT2D eigenvalue weighted by Crippen LogP contribution is -1.95. The van der Waals surface area contributed by atoms with E-state index in [1.807, 2.05) is 23.8 Å². The fourth-order valence-corrected chi connectivity index (χ4v) is 2.75. The first-order chi connectivity index (χ1) is 7.20. The van der Waals surface area contributed by atoms with Crippen molar-refractivity contribution in [2.24, 2.45) is 0 Å². The van der Waals surface area contributed by atoms with Crippen LogP contribution in [0.2, 0.25) is 0 Å². The van der Waals surface area contributed by atoms with Crippen LogP contribution in [-0.4, -0.2) is 12.9 Å². The number of methoxy groups -OCH3 is 1. The zero-order valence-electron chi connectivity index (χ0n) is 8.44. The Bertz CT molecular complexity index is 482. The average molecular weight is 238 g/mol. The van der Waals surface area contributed by atoms with Gasteiger partial charge in [-0.15, -0.1) is 22.7 Å². The zero-order valence-corrected chi connectivity index (χ0v) is 10.1. The molecule has 2 aromatic rings. The summed E-state index contributed by atoms with van der Waals surface area (Å²) < 4.78 is 5.05. The fraction of sp³-hybridized carbons (Fsp3) is 0.182. The summed E-state index contributed by atoms with van der Waals surface area (Å²) in [5.74, 6) is 0.822. The number of ether oxygens (including phenoxy) is 1. The van der Waals surface area contributed by atoms with Gasteiger partial charge in [-0.25, -0.2) is 0 Å². The number of hydrogen-bond donors (Lipinski definition) is 0. The summed E-state index contributed by atoms with van der Waals surface area (Å²) in [4.78, 5) is 13.8. The Morgan fingerprint density at radius 1 is 1.27 bits per heavy atom. The van der Waals surface area contributed by atoms with Crippen LogP contribution in [0.3, 0.4) is 0 Å². The molecule has 4 heteroatoms. The molecule has 0 spiro atoms. The van der Waals surface area contributed by atoms with E-state index < -0.39 is 0 Å². The molecule has 0 amide bonds. The Kier molecular flexibility index (Phi) is 2.88. The Morgan fingerprint density at radius 3 is 2.60 bits per heavy atom. The van der Waals surface area contributed by atoms with Crippen molar-refractivity contribution < 1.29 is 9.53 Å². The number of thiophene rings is 2. The maximum Gasteiger partial charge on any atom is 0.203 e. The van der Waals surface area contributed by atoms with E-state index in [0.29, 0.717) is 0 Å². The van der Waals surface area contributed by atoms with Gasteiger partial charge < -0.3 is 4.74 Å². The molecule has 0 radical (unpaired) electrons. The predicted octanol–water partition coefficient (Wildman–Crippen LogP) is 3.36. The molecule has 2 aromatic heterocycles. The van der Waals surface area contributed by atoms with Crippen molar-refractivity contribution in [3.63, 3.8) is 0 Å². The molecule has 0 aromatic carbocycles. The summed E-state index contributed by atoms with van der Waals surface area (Å²) in [6, 6.07) is 3.69. The van der Waals surface area contributed by atoms with Crippen LogP contribution in [0.15, 0.2) is 22.9 Å². The van der Waals surface area contributed by atoms with E-state index in [-0.39, 0.29) is 5.78 Å². The van der Waals surface area contributed by atoms with Crippen LogP contribution in [0.1, 0.15) is 20.1 Å². The molecule has 15 heavy (non-hydrogen) atoms. The lowest BCUT2D eigenvalue weighted by atomic mass is 10.2. The Balaban J connectivity index is 2.28. The summed E-state index contributed by atoms with van der Waals surface area (Å²) >= 11 is 3.01. The van der Waals surface area contributed by atoms with E-state index in [1.54, 1.807) is 24.5 Å². The number of rotatable bonds is 3. The second kappa shape index (κ2) is 4.16. The van der Waals surface area contributed by atoms with E-state index in [1.165, 1.54) is 11.3 Å². The van der Waals surface area contributed by atoms with E-state index in [9.17, 15) is 4.79 Å². The molecular formula is C11H10O2S2. The molecule has 0 N–H and O–H groups in total. The minimum Gasteiger partial charge on any atom is -0.496 e. The number of aryl methyl sites for hydroxylation is 1. The molecule has 0 aliphatic carbocycles. The van der Waals surface area contributed by atoms with Gasteiger partial charge in [-0.05, 0) is 13.0 Å². The third kappa shape index (κ3) is 2.11. The number of ketones is 1. The standard InChI is InChI=1S/C11H10O2S2/c1-7-3-8(5-14-7)11(12)10-4-9(13-2)6-15-10/h3-6H,1-2H3. The van der Waals surface area contributed by atoms with E-state index in [4.69, 9.17) is 4.74 Å². The Labute approximate surface area is 96.1 Å². The van der Waals surface area contributed by atoms with Crippen molar-refractivity contribution in [1.82, 2.24) is 0 Å². The monoisotopic (exact) mass is 238 g/mol. The molecule has 0 aliphatic rings. The van der Waals surface area contributed by atoms with Crippen molar-refractivity contribution >= 4 is 28.5 Å². The summed E-state index contributed by atoms with van der Waals surface area (Å²) in [5.41, 5.74) is 0.766. The van der Waals surface area contributed by atoms with Gasteiger partial charge in [-0.1, -0.05) is 0 Å². The quantitative estimate of drug-likeness (QED) is 0.766. The molecule has 0 fully saturated rings. The highest BCUT2D eigenvalue weighted by Gasteiger charge is 2.13. The minimum absolute atomic E-state index is 0.0765.